The average Bonchev–Trinajstić information content (AvgIpc) is 2.55. The first-order chi connectivity index (χ1) is 9.92. The fourth-order valence-corrected chi connectivity index (χ4v) is 2.46. The Balaban J connectivity index is 1.71. The maximum absolute atomic E-state index is 3.53. The molecule has 0 radical (unpaired) electrons. The summed E-state index contributed by atoms with van der Waals surface area (Å²) in [5, 5.41) is 3.53. The molecule has 3 rings (SSSR count). The molecule has 1 heteroatoms. The minimum atomic E-state index is 0.889. The third-order valence-corrected chi connectivity index (χ3v) is 3.57. The molecule has 20 heavy (non-hydrogen) atoms. The first-order valence-corrected chi connectivity index (χ1v) is 7.16. The average molecular weight is 261 g/mol. The molecule has 2 aromatic rings. The number of hydrogen-bond acceptors (Lipinski definition) is 1. The normalized spacial score (nSPS) is 13.9. The topological polar surface area (TPSA) is 12.0 Å². The smallest absolute Gasteiger partial charge is 0.0398 e. The van der Waals surface area contributed by atoms with Crippen molar-refractivity contribution in [2.45, 2.75) is 19.4 Å². The Kier molecular flexibility index (Phi) is 3.98. The van der Waals surface area contributed by atoms with Crippen LogP contribution in [0.5, 0.6) is 0 Å². The summed E-state index contributed by atoms with van der Waals surface area (Å²) < 4.78 is 0. The molecule has 1 nitrogen and oxygen atoms in total. The van der Waals surface area contributed by atoms with Crippen LogP contribution in [-0.2, 0) is 6.54 Å². The highest BCUT2D eigenvalue weighted by Gasteiger charge is 2.01. The van der Waals surface area contributed by atoms with Gasteiger partial charge in [0.1, 0.15) is 0 Å². The molecule has 1 aliphatic rings. The summed E-state index contributed by atoms with van der Waals surface area (Å²) in [5.41, 5.74) is 5.20. The molecule has 0 heterocycles. The lowest BCUT2D eigenvalue weighted by Crippen LogP contribution is -2.13. The van der Waals surface area contributed by atoms with Gasteiger partial charge in [-0.15, -0.1) is 0 Å². The lowest BCUT2D eigenvalue weighted by atomic mass is 10.0. The van der Waals surface area contributed by atoms with E-state index in [4.69, 9.17) is 0 Å². The molecule has 0 atom stereocenters. The zero-order chi connectivity index (χ0) is 13.6. The fraction of sp³-hybridized carbons (Fsp3) is 0.158. The molecule has 2 aromatic carbocycles. The highest BCUT2D eigenvalue weighted by atomic mass is 14.9. The second-order valence-electron chi connectivity index (χ2n) is 5.08. The molecule has 0 bridgehead atoms. The minimum Gasteiger partial charge on any atom is -0.384 e. The summed E-state index contributed by atoms with van der Waals surface area (Å²) in [6.07, 6.45) is 8.77. The molecule has 1 aliphatic carbocycles. The van der Waals surface area contributed by atoms with E-state index in [1.807, 2.05) is 0 Å². The van der Waals surface area contributed by atoms with E-state index >= 15 is 0 Å². The van der Waals surface area contributed by atoms with Crippen molar-refractivity contribution in [2.24, 2.45) is 0 Å². The van der Waals surface area contributed by atoms with Crippen molar-refractivity contribution in [1.82, 2.24) is 5.32 Å². The predicted molar refractivity (Wildman–Crippen MR) is 85.2 cm³/mol. The monoisotopic (exact) mass is 261 g/mol. The third kappa shape index (κ3) is 3.18. The van der Waals surface area contributed by atoms with Crippen LogP contribution in [0.3, 0.4) is 0 Å². The second-order valence-corrected chi connectivity index (χ2v) is 5.08. The van der Waals surface area contributed by atoms with Crippen molar-refractivity contribution in [1.29, 1.82) is 0 Å². The van der Waals surface area contributed by atoms with E-state index in [0.717, 1.165) is 19.4 Å². The molecular weight excluding hydrogens is 242 g/mol. The summed E-state index contributed by atoms with van der Waals surface area (Å²) in [6.45, 7) is 0.889. The minimum absolute atomic E-state index is 0.889. The Labute approximate surface area is 120 Å². The Morgan fingerprint density at radius 1 is 0.900 bits per heavy atom. The Morgan fingerprint density at radius 2 is 1.75 bits per heavy atom. The van der Waals surface area contributed by atoms with Crippen LogP contribution in [-0.4, -0.2) is 0 Å². The summed E-state index contributed by atoms with van der Waals surface area (Å²) in [6, 6.07) is 19.3. The standard InChI is InChI=1S/C19H19N/c1-3-9-17(10-4-1)18-11-7-8-16(14-18)15-20-19-12-5-2-6-13-19/h1-5,7-12,14,20H,6,13,15H2. The number of nitrogens with one attached hydrogen (secondary N) is 1. The second kappa shape index (κ2) is 6.25. The lowest BCUT2D eigenvalue weighted by Gasteiger charge is -2.13. The van der Waals surface area contributed by atoms with Gasteiger partial charge < -0.3 is 5.32 Å². The van der Waals surface area contributed by atoms with Gasteiger partial charge in [-0.3, -0.25) is 0 Å². The van der Waals surface area contributed by atoms with Gasteiger partial charge in [0.2, 0.25) is 0 Å². The first-order valence-electron chi connectivity index (χ1n) is 7.16. The van der Waals surface area contributed by atoms with Crippen LogP contribution in [0.25, 0.3) is 11.1 Å². The molecule has 0 spiro atoms. The summed E-state index contributed by atoms with van der Waals surface area (Å²) >= 11 is 0. The molecule has 100 valence electrons. The molecular formula is C19H19N. The largest absolute Gasteiger partial charge is 0.384 e. The Bertz CT molecular complexity index is 623. The number of allylic oxidation sites excluding steroid dienone is 4. The van der Waals surface area contributed by atoms with Gasteiger partial charge in [0.05, 0.1) is 0 Å². The van der Waals surface area contributed by atoms with Gasteiger partial charge in [0.25, 0.3) is 0 Å². The Hall–Kier alpha value is -2.28. The van der Waals surface area contributed by atoms with Crippen molar-refractivity contribution >= 4 is 0 Å². The molecule has 0 unspecified atom stereocenters. The van der Waals surface area contributed by atoms with E-state index in [1.54, 1.807) is 0 Å². The Morgan fingerprint density at radius 3 is 2.55 bits per heavy atom. The lowest BCUT2D eigenvalue weighted by molar-refractivity contribution is 0.746. The van der Waals surface area contributed by atoms with Gasteiger partial charge in [0, 0.05) is 12.2 Å². The van der Waals surface area contributed by atoms with E-state index in [2.05, 4.69) is 78.1 Å². The van der Waals surface area contributed by atoms with Crippen LogP contribution in [0.2, 0.25) is 0 Å². The van der Waals surface area contributed by atoms with Crippen molar-refractivity contribution in [2.75, 3.05) is 0 Å². The molecule has 0 fully saturated rings. The summed E-state index contributed by atoms with van der Waals surface area (Å²) in [5.74, 6) is 0. The quantitative estimate of drug-likeness (QED) is 0.842. The van der Waals surface area contributed by atoms with Gasteiger partial charge in [-0.1, -0.05) is 60.7 Å². The molecule has 0 aliphatic heterocycles. The number of benzene rings is 2. The van der Waals surface area contributed by atoms with Crippen LogP contribution in [0, 0.1) is 0 Å². The molecule has 0 amide bonds. The fourth-order valence-electron chi connectivity index (χ4n) is 2.46. The summed E-state index contributed by atoms with van der Waals surface area (Å²) in [4.78, 5) is 0. The van der Waals surface area contributed by atoms with E-state index in [0.29, 0.717) is 0 Å². The van der Waals surface area contributed by atoms with Gasteiger partial charge in [-0.05, 0) is 41.7 Å². The molecule has 1 N–H and O–H groups in total. The van der Waals surface area contributed by atoms with Crippen LogP contribution in [0.15, 0.2) is 78.5 Å². The van der Waals surface area contributed by atoms with Gasteiger partial charge >= 0.3 is 0 Å². The molecule has 0 aromatic heterocycles. The van der Waals surface area contributed by atoms with Crippen LogP contribution >= 0.6 is 0 Å². The maximum atomic E-state index is 3.53. The van der Waals surface area contributed by atoms with E-state index in [1.165, 1.54) is 22.4 Å². The first kappa shape index (κ1) is 12.7. The highest BCUT2D eigenvalue weighted by Crippen LogP contribution is 2.20. The third-order valence-electron chi connectivity index (χ3n) is 3.57. The molecule has 0 saturated carbocycles. The van der Waals surface area contributed by atoms with Gasteiger partial charge in [0.15, 0.2) is 0 Å². The van der Waals surface area contributed by atoms with Crippen LogP contribution in [0.1, 0.15) is 18.4 Å². The van der Waals surface area contributed by atoms with Crippen LogP contribution < -0.4 is 5.32 Å². The number of hydrogen-bond donors (Lipinski definition) is 1. The highest BCUT2D eigenvalue weighted by molar-refractivity contribution is 5.63. The van der Waals surface area contributed by atoms with E-state index < -0.39 is 0 Å². The SMILES string of the molecule is C1=CCCC(NCc2cccc(-c3ccccc3)c2)=C1. The summed E-state index contributed by atoms with van der Waals surface area (Å²) in [7, 11) is 0. The van der Waals surface area contributed by atoms with E-state index in [9.17, 15) is 0 Å². The van der Waals surface area contributed by atoms with Gasteiger partial charge in [-0.25, -0.2) is 0 Å². The molecule has 0 saturated heterocycles. The predicted octanol–water partition coefficient (Wildman–Crippen LogP) is 4.68. The van der Waals surface area contributed by atoms with Crippen molar-refractivity contribution in [3.05, 3.63) is 84.1 Å². The number of rotatable bonds is 4. The zero-order valence-corrected chi connectivity index (χ0v) is 11.5. The maximum Gasteiger partial charge on any atom is 0.0398 e. The van der Waals surface area contributed by atoms with Crippen molar-refractivity contribution in [3.8, 4) is 11.1 Å². The zero-order valence-electron chi connectivity index (χ0n) is 11.5. The van der Waals surface area contributed by atoms with Gasteiger partial charge in [-0.2, -0.15) is 0 Å². The van der Waals surface area contributed by atoms with E-state index in [-0.39, 0.29) is 0 Å². The van der Waals surface area contributed by atoms with Crippen molar-refractivity contribution in [3.63, 3.8) is 0 Å². The van der Waals surface area contributed by atoms with Crippen LogP contribution in [0.4, 0.5) is 0 Å². The van der Waals surface area contributed by atoms with Crippen molar-refractivity contribution < 1.29 is 0 Å².